The van der Waals surface area contributed by atoms with Crippen molar-refractivity contribution in [3.05, 3.63) is 40.7 Å². The molecule has 1 aromatic carbocycles. The monoisotopic (exact) mass is 357 g/mol. The molecule has 1 N–H and O–H groups in total. The van der Waals surface area contributed by atoms with Gasteiger partial charge in [-0.1, -0.05) is 6.92 Å². The van der Waals surface area contributed by atoms with Crippen molar-refractivity contribution in [2.24, 2.45) is 0 Å². The largest absolute Gasteiger partial charge is 0.507 e. The maximum atomic E-state index is 12.0. The number of benzene rings is 1. The van der Waals surface area contributed by atoms with Crippen molar-refractivity contribution in [3.8, 4) is 11.4 Å². The highest BCUT2D eigenvalue weighted by atomic mass is 16.7. The van der Waals surface area contributed by atoms with E-state index in [0.29, 0.717) is 5.69 Å². The number of rotatable bonds is 3. The standard InChI is InChI=1S/C18H19N3O5/c1-5-14-10(2)19-21(20-14)12-7-6-11(15(22)9-12)8-13-16(23)25-18(3,4)26-17(13)24/h6-9,22H,5H2,1-4H3. The SMILES string of the molecule is CCc1nn(-c2ccc(C=C3C(=O)OC(C)(C)OC3=O)c(O)c2)nc1C. The molecule has 2 aromatic rings. The number of nitrogens with zero attached hydrogens (tertiary/aromatic N) is 3. The summed E-state index contributed by atoms with van der Waals surface area (Å²) >= 11 is 0. The van der Waals surface area contributed by atoms with Crippen LogP contribution in [0.3, 0.4) is 0 Å². The van der Waals surface area contributed by atoms with Crippen LogP contribution in [0.15, 0.2) is 23.8 Å². The van der Waals surface area contributed by atoms with Crippen molar-refractivity contribution < 1.29 is 24.2 Å². The first-order valence-electron chi connectivity index (χ1n) is 8.15. The van der Waals surface area contributed by atoms with Crippen LogP contribution in [0.25, 0.3) is 11.8 Å². The quantitative estimate of drug-likeness (QED) is 0.509. The van der Waals surface area contributed by atoms with Gasteiger partial charge < -0.3 is 14.6 Å². The molecule has 8 nitrogen and oxygen atoms in total. The highest BCUT2D eigenvalue weighted by molar-refractivity contribution is 6.19. The molecule has 1 aliphatic heterocycles. The number of phenolic OH excluding ortho intramolecular Hbond substituents is 1. The molecule has 2 heterocycles. The highest BCUT2D eigenvalue weighted by Gasteiger charge is 2.38. The van der Waals surface area contributed by atoms with Crippen molar-refractivity contribution in [1.82, 2.24) is 15.0 Å². The Kier molecular flexibility index (Phi) is 4.27. The van der Waals surface area contributed by atoms with Gasteiger partial charge in [0, 0.05) is 25.5 Å². The van der Waals surface area contributed by atoms with Crippen LogP contribution < -0.4 is 0 Å². The molecule has 0 spiro atoms. The van der Waals surface area contributed by atoms with E-state index in [1.807, 2.05) is 13.8 Å². The molecule has 0 unspecified atom stereocenters. The zero-order valence-electron chi connectivity index (χ0n) is 14.9. The van der Waals surface area contributed by atoms with E-state index < -0.39 is 17.7 Å². The molecule has 8 heteroatoms. The molecule has 26 heavy (non-hydrogen) atoms. The van der Waals surface area contributed by atoms with Crippen molar-refractivity contribution >= 4 is 18.0 Å². The van der Waals surface area contributed by atoms with E-state index in [-0.39, 0.29) is 16.9 Å². The van der Waals surface area contributed by atoms with Gasteiger partial charge in [0.15, 0.2) is 0 Å². The number of phenols is 1. The molecule has 0 aliphatic carbocycles. The Labute approximate surface area is 150 Å². The molecule has 136 valence electrons. The smallest absolute Gasteiger partial charge is 0.348 e. The van der Waals surface area contributed by atoms with E-state index in [1.165, 1.54) is 30.8 Å². The summed E-state index contributed by atoms with van der Waals surface area (Å²) in [6, 6.07) is 4.69. The zero-order chi connectivity index (χ0) is 19.1. The van der Waals surface area contributed by atoms with Gasteiger partial charge in [0.05, 0.1) is 17.1 Å². The van der Waals surface area contributed by atoms with Crippen LogP contribution >= 0.6 is 0 Å². The number of aromatic nitrogens is 3. The first kappa shape index (κ1) is 17.7. The minimum Gasteiger partial charge on any atom is -0.507 e. The Morgan fingerprint density at radius 2 is 1.85 bits per heavy atom. The number of cyclic esters (lactones) is 2. The summed E-state index contributed by atoms with van der Waals surface area (Å²) < 4.78 is 10.1. The highest BCUT2D eigenvalue weighted by Crippen LogP contribution is 2.28. The van der Waals surface area contributed by atoms with Crippen LogP contribution in [0.1, 0.15) is 37.7 Å². The topological polar surface area (TPSA) is 104 Å². The Balaban J connectivity index is 1.93. The minimum absolute atomic E-state index is 0.131. The van der Waals surface area contributed by atoms with Gasteiger partial charge in [0.1, 0.15) is 11.3 Å². The van der Waals surface area contributed by atoms with Gasteiger partial charge in [0.2, 0.25) is 0 Å². The van der Waals surface area contributed by atoms with Gasteiger partial charge in [-0.2, -0.15) is 15.0 Å². The van der Waals surface area contributed by atoms with E-state index in [2.05, 4.69) is 10.2 Å². The number of aromatic hydroxyl groups is 1. The van der Waals surface area contributed by atoms with Gasteiger partial charge in [-0.25, -0.2) is 9.59 Å². The third kappa shape index (κ3) is 3.30. The summed E-state index contributed by atoms with van der Waals surface area (Å²) in [6.45, 7) is 6.78. The van der Waals surface area contributed by atoms with Crippen molar-refractivity contribution in [1.29, 1.82) is 0 Å². The number of ether oxygens (including phenoxy) is 2. The first-order chi connectivity index (χ1) is 12.2. The van der Waals surface area contributed by atoms with Gasteiger partial charge >= 0.3 is 11.9 Å². The molecular formula is C18H19N3O5. The van der Waals surface area contributed by atoms with Crippen LogP contribution in [0.5, 0.6) is 5.75 Å². The van der Waals surface area contributed by atoms with E-state index in [4.69, 9.17) is 9.47 Å². The fraction of sp³-hybridized carbons (Fsp3) is 0.333. The maximum Gasteiger partial charge on any atom is 0.348 e. The fourth-order valence-corrected chi connectivity index (χ4v) is 2.56. The Bertz CT molecular complexity index is 905. The van der Waals surface area contributed by atoms with Crippen molar-refractivity contribution in [3.63, 3.8) is 0 Å². The lowest BCUT2D eigenvalue weighted by Gasteiger charge is -2.29. The van der Waals surface area contributed by atoms with Crippen LogP contribution in [-0.2, 0) is 25.5 Å². The predicted octanol–water partition coefficient (Wildman–Crippen LogP) is 2.06. The molecular weight excluding hydrogens is 338 g/mol. The number of hydrogen-bond donors (Lipinski definition) is 1. The number of aryl methyl sites for hydroxylation is 2. The molecule has 1 aromatic heterocycles. The Morgan fingerprint density at radius 1 is 1.19 bits per heavy atom. The summed E-state index contributed by atoms with van der Waals surface area (Å²) in [5.41, 5.74) is 2.23. The second kappa shape index (κ2) is 6.29. The molecule has 1 aliphatic rings. The third-order valence-electron chi connectivity index (χ3n) is 3.87. The summed E-state index contributed by atoms with van der Waals surface area (Å²) in [5, 5.41) is 18.9. The van der Waals surface area contributed by atoms with E-state index >= 15 is 0 Å². The lowest BCUT2D eigenvalue weighted by molar-refractivity contribution is -0.222. The second-order valence-corrected chi connectivity index (χ2v) is 6.36. The summed E-state index contributed by atoms with van der Waals surface area (Å²) in [4.78, 5) is 25.4. The zero-order valence-corrected chi connectivity index (χ0v) is 14.9. The molecule has 0 amide bonds. The lowest BCUT2D eigenvalue weighted by atomic mass is 10.1. The molecule has 1 saturated heterocycles. The number of esters is 2. The summed E-state index contributed by atoms with van der Waals surface area (Å²) in [7, 11) is 0. The second-order valence-electron chi connectivity index (χ2n) is 6.36. The number of hydrogen-bond acceptors (Lipinski definition) is 7. The van der Waals surface area contributed by atoms with Gasteiger partial charge in [-0.05, 0) is 31.6 Å². The van der Waals surface area contributed by atoms with Crippen LogP contribution in [-0.4, -0.2) is 37.8 Å². The first-order valence-corrected chi connectivity index (χ1v) is 8.15. The Morgan fingerprint density at radius 3 is 2.38 bits per heavy atom. The van der Waals surface area contributed by atoms with Crippen molar-refractivity contribution in [2.75, 3.05) is 0 Å². The molecule has 3 rings (SSSR count). The van der Waals surface area contributed by atoms with Gasteiger partial charge in [0.25, 0.3) is 5.79 Å². The normalized spacial score (nSPS) is 16.2. The summed E-state index contributed by atoms with van der Waals surface area (Å²) in [5.74, 6) is -3.04. The van der Waals surface area contributed by atoms with Crippen LogP contribution in [0.4, 0.5) is 0 Å². The third-order valence-corrected chi connectivity index (χ3v) is 3.87. The summed E-state index contributed by atoms with van der Waals surface area (Å²) in [6.07, 6.45) is 1.99. The van der Waals surface area contributed by atoms with E-state index in [9.17, 15) is 14.7 Å². The number of carbonyl (C=O) groups excluding carboxylic acids is 2. The van der Waals surface area contributed by atoms with Gasteiger partial charge in [-0.15, -0.1) is 0 Å². The molecule has 0 atom stereocenters. The lowest BCUT2D eigenvalue weighted by Crippen LogP contribution is -2.41. The van der Waals surface area contributed by atoms with Crippen molar-refractivity contribution in [2.45, 2.75) is 39.9 Å². The molecule has 1 fully saturated rings. The van der Waals surface area contributed by atoms with Crippen LogP contribution in [0, 0.1) is 6.92 Å². The van der Waals surface area contributed by atoms with Gasteiger partial charge in [-0.3, -0.25) is 0 Å². The minimum atomic E-state index is -1.31. The average Bonchev–Trinajstić information content (AvgIpc) is 2.92. The number of carbonyl (C=O) groups is 2. The van der Waals surface area contributed by atoms with E-state index in [1.54, 1.807) is 12.1 Å². The van der Waals surface area contributed by atoms with E-state index in [0.717, 1.165) is 17.8 Å². The molecule has 0 bridgehead atoms. The molecule has 0 radical (unpaired) electrons. The maximum absolute atomic E-state index is 12.0. The fourth-order valence-electron chi connectivity index (χ4n) is 2.56. The molecule has 0 saturated carbocycles. The Hall–Kier alpha value is -3.16. The average molecular weight is 357 g/mol. The predicted molar refractivity (Wildman–Crippen MR) is 91.4 cm³/mol. The van der Waals surface area contributed by atoms with Crippen LogP contribution in [0.2, 0.25) is 0 Å².